The van der Waals surface area contributed by atoms with Crippen molar-refractivity contribution >= 4 is 10.0 Å². The van der Waals surface area contributed by atoms with E-state index >= 15 is 0 Å². The average molecular weight is 240 g/mol. The van der Waals surface area contributed by atoms with Crippen LogP contribution in [0.25, 0.3) is 0 Å². The van der Waals surface area contributed by atoms with Gasteiger partial charge in [0, 0.05) is 13.1 Å². The van der Waals surface area contributed by atoms with Gasteiger partial charge in [-0.3, -0.25) is 0 Å². The summed E-state index contributed by atoms with van der Waals surface area (Å²) in [5.74, 6) is 0.150. The Bertz CT molecular complexity index is 446. The van der Waals surface area contributed by atoms with Gasteiger partial charge in [-0.25, -0.2) is 8.42 Å². The van der Waals surface area contributed by atoms with Crippen molar-refractivity contribution in [3.63, 3.8) is 0 Å². The standard InChI is InChI=1S/C11H16N2O2S/c12-6-3-7-16(14,15)13-8-10-4-1-2-5-11(10)9-13/h1-2,4-5H,3,6-9,12H2. The highest BCUT2D eigenvalue weighted by molar-refractivity contribution is 7.89. The van der Waals surface area contributed by atoms with E-state index in [-0.39, 0.29) is 5.75 Å². The third-order valence-corrected chi connectivity index (χ3v) is 4.66. The van der Waals surface area contributed by atoms with Crippen LogP contribution >= 0.6 is 0 Å². The smallest absolute Gasteiger partial charge is 0.214 e. The number of fused-ring (bicyclic) bond motifs is 1. The molecule has 1 aromatic carbocycles. The molecule has 0 saturated carbocycles. The number of benzene rings is 1. The van der Waals surface area contributed by atoms with Crippen molar-refractivity contribution in [2.45, 2.75) is 19.5 Å². The van der Waals surface area contributed by atoms with E-state index in [1.807, 2.05) is 24.3 Å². The molecule has 0 aromatic heterocycles. The van der Waals surface area contributed by atoms with E-state index in [2.05, 4.69) is 0 Å². The topological polar surface area (TPSA) is 63.4 Å². The van der Waals surface area contributed by atoms with Gasteiger partial charge < -0.3 is 5.73 Å². The van der Waals surface area contributed by atoms with Crippen molar-refractivity contribution in [2.24, 2.45) is 5.73 Å². The largest absolute Gasteiger partial charge is 0.330 e. The molecule has 5 heteroatoms. The molecule has 88 valence electrons. The molecule has 1 aliphatic rings. The number of rotatable bonds is 4. The van der Waals surface area contributed by atoms with E-state index < -0.39 is 10.0 Å². The van der Waals surface area contributed by atoms with Crippen LogP contribution < -0.4 is 5.73 Å². The highest BCUT2D eigenvalue weighted by Gasteiger charge is 2.27. The molecule has 1 aliphatic heterocycles. The van der Waals surface area contributed by atoms with Gasteiger partial charge in [-0.1, -0.05) is 24.3 Å². The van der Waals surface area contributed by atoms with Crippen LogP contribution in [0.15, 0.2) is 24.3 Å². The van der Waals surface area contributed by atoms with Gasteiger partial charge in [0.25, 0.3) is 0 Å². The number of hydrogen-bond donors (Lipinski definition) is 1. The molecule has 0 fully saturated rings. The lowest BCUT2D eigenvalue weighted by Gasteiger charge is -2.14. The Kier molecular flexibility index (Phi) is 3.28. The van der Waals surface area contributed by atoms with Crippen LogP contribution in [0.5, 0.6) is 0 Å². The van der Waals surface area contributed by atoms with Gasteiger partial charge in [-0.15, -0.1) is 0 Å². The first-order valence-electron chi connectivity index (χ1n) is 5.38. The fourth-order valence-electron chi connectivity index (χ4n) is 1.89. The summed E-state index contributed by atoms with van der Waals surface area (Å²) in [4.78, 5) is 0. The summed E-state index contributed by atoms with van der Waals surface area (Å²) in [6, 6.07) is 7.84. The summed E-state index contributed by atoms with van der Waals surface area (Å²) in [5.41, 5.74) is 7.56. The van der Waals surface area contributed by atoms with Crippen LogP contribution in [0.4, 0.5) is 0 Å². The first-order chi connectivity index (χ1) is 7.63. The second-order valence-electron chi connectivity index (χ2n) is 4.00. The van der Waals surface area contributed by atoms with Crippen LogP contribution in [0.2, 0.25) is 0 Å². The molecule has 2 N–H and O–H groups in total. The molecule has 1 aromatic rings. The zero-order valence-electron chi connectivity index (χ0n) is 9.09. The van der Waals surface area contributed by atoms with E-state index in [1.165, 1.54) is 4.31 Å². The van der Waals surface area contributed by atoms with Crippen molar-refractivity contribution in [1.29, 1.82) is 0 Å². The Morgan fingerprint density at radius 3 is 2.25 bits per heavy atom. The molecular formula is C11H16N2O2S. The SMILES string of the molecule is NCCCS(=O)(=O)N1Cc2ccccc2C1. The quantitative estimate of drug-likeness (QED) is 0.841. The second kappa shape index (κ2) is 4.53. The van der Waals surface area contributed by atoms with Crippen LogP contribution in [0, 0.1) is 0 Å². The number of hydrogen-bond acceptors (Lipinski definition) is 3. The minimum absolute atomic E-state index is 0.150. The molecular weight excluding hydrogens is 224 g/mol. The maximum atomic E-state index is 11.9. The Labute approximate surface area is 96.1 Å². The lowest BCUT2D eigenvalue weighted by atomic mass is 10.1. The van der Waals surface area contributed by atoms with Gasteiger partial charge in [0.05, 0.1) is 5.75 Å². The van der Waals surface area contributed by atoms with Crippen molar-refractivity contribution in [2.75, 3.05) is 12.3 Å². The summed E-state index contributed by atoms with van der Waals surface area (Å²) in [6.45, 7) is 1.42. The predicted octanol–water partition coefficient (Wildman–Crippen LogP) is 0.681. The second-order valence-corrected chi connectivity index (χ2v) is 6.08. The fraction of sp³-hybridized carbons (Fsp3) is 0.455. The Morgan fingerprint density at radius 2 is 1.75 bits per heavy atom. The van der Waals surface area contributed by atoms with E-state index in [4.69, 9.17) is 5.73 Å². The van der Waals surface area contributed by atoms with E-state index in [1.54, 1.807) is 0 Å². The maximum absolute atomic E-state index is 11.9. The monoisotopic (exact) mass is 240 g/mol. The van der Waals surface area contributed by atoms with E-state index in [0.717, 1.165) is 11.1 Å². The van der Waals surface area contributed by atoms with E-state index in [9.17, 15) is 8.42 Å². The minimum Gasteiger partial charge on any atom is -0.330 e. The van der Waals surface area contributed by atoms with Crippen molar-refractivity contribution in [3.05, 3.63) is 35.4 Å². The van der Waals surface area contributed by atoms with E-state index in [0.29, 0.717) is 26.1 Å². The summed E-state index contributed by atoms with van der Waals surface area (Å²) in [5, 5.41) is 0. The van der Waals surface area contributed by atoms with Gasteiger partial charge in [-0.2, -0.15) is 4.31 Å². The van der Waals surface area contributed by atoms with Crippen LogP contribution in [-0.4, -0.2) is 25.0 Å². The zero-order valence-corrected chi connectivity index (χ0v) is 9.91. The number of sulfonamides is 1. The van der Waals surface area contributed by atoms with Gasteiger partial charge >= 0.3 is 0 Å². The number of nitrogens with zero attached hydrogens (tertiary/aromatic N) is 1. The van der Waals surface area contributed by atoms with Gasteiger partial charge in [0.15, 0.2) is 0 Å². The molecule has 0 saturated heterocycles. The highest BCUT2D eigenvalue weighted by atomic mass is 32.2. The first kappa shape index (κ1) is 11.6. The lowest BCUT2D eigenvalue weighted by Crippen LogP contribution is -2.29. The molecule has 0 unspecified atom stereocenters. The third kappa shape index (κ3) is 2.26. The predicted molar refractivity (Wildman–Crippen MR) is 63.1 cm³/mol. The lowest BCUT2D eigenvalue weighted by molar-refractivity contribution is 0.430. The normalized spacial score (nSPS) is 16.3. The van der Waals surface area contributed by atoms with Gasteiger partial charge in [0.2, 0.25) is 10.0 Å². The molecule has 2 rings (SSSR count). The van der Waals surface area contributed by atoms with Crippen molar-refractivity contribution in [3.8, 4) is 0 Å². The molecule has 0 aliphatic carbocycles. The Hall–Kier alpha value is -0.910. The molecule has 0 radical (unpaired) electrons. The first-order valence-corrected chi connectivity index (χ1v) is 6.99. The molecule has 0 amide bonds. The summed E-state index contributed by atoms with van der Waals surface area (Å²) < 4.78 is 25.4. The molecule has 1 heterocycles. The summed E-state index contributed by atoms with van der Waals surface area (Å²) in [7, 11) is -3.14. The van der Waals surface area contributed by atoms with Crippen molar-refractivity contribution in [1.82, 2.24) is 4.31 Å². The zero-order chi connectivity index (χ0) is 11.6. The van der Waals surface area contributed by atoms with Crippen LogP contribution in [-0.2, 0) is 23.1 Å². The summed E-state index contributed by atoms with van der Waals surface area (Å²) >= 11 is 0. The minimum atomic E-state index is -3.14. The Balaban J connectivity index is 2.11. The van der Waals surface area contributed by atoms with Crippen LogP contribution in [0.1, 0.15) is 17.5 Å². The molecule has 16 heavy (non-hydrogen) atoms. The highest BCUT2D eigenvalue weighted by Crippen LogP contribution is 2.25. The number of nitrogens with two attached hydrogens (primary N) is 1. The molecule has 0 atom stereocenters. The third-order valence-electron chi connectivity index (χ3n) is 2.81. The van der Waals surface area contributed by atoms with Gasteiger partial charge in [0.1, 0.15) is 0 Å². The average Bonchev–Trinajstić information content (AvgIpc) is 2.71. The molecule has 0 bridgehead atoms. The molecule has 0 spiro atoms. The fourth-order valence-corrected chi connectivity index (χ4v) is 3.35. The molecule has 4 nitrogen and oxygen atoms in total. The van der Waals surface area contributed by atoms with Crippen molar-refractivity contribution < 1.29 is 8.42 Å². The van der Waals surface area contributed by atoms with Gasteiger partial charge in [-0.05, 0) is 24.1 Å². The summed E-state index contributed by atoms with van der Waals surface area (Å²) in [6.07, 6.45) is 0.523. The Morgan fingerprint density at radius 1 is 1.19 bits per heavy atom. The maximum Gasteiger partial charge on any atom is 0.214 e. The van der Waals surface area contributed by atoms with Crippen LogP contribution in [0.3, 0.4) is 0 Å².